The van der Waals surface area contributed by atoms with Crippen LogP contribution in [-0.2, 0) is 9.53 Å². The Morgan fingerprint density at radius 2 is 1.85 bits per heavy atom. The van der Waals surface area contributed by atoms with Crippen LogP contribution in [0.25, 0.3) is 0 Å². The van der Waals surface area contributed by atoms with Crippen LogP contribution in [-0.4, -0.2) is 29.6 Å². The molecule has 0 saturated heterocycles. The molecule has 0 amide bonds. The third-order valence-electron chi connectivity index (χ3n) is 3.05. The monoisotopic (exact) mass is 359 g/mol. The third-order valence-corrected chi connectivity index (χ3v) is 3.05. The van der Waals surface area contributed by atoms with E-state index in [1.165, 1.54) is 36.4 Å². The Morgan fingerprint density at radius 1 is 1.12 bits per heavy atom. The first kappa shape index (κ1) is 18.9. The second kappa shape index (κ2) is 8.61. The van der Waals surface area contributed by atoms with Gasteiger partial charge >= 0.3 is 17.6 Å². The topological polar surface area (TPSA) is 105 Å². The van der Waals surface area contributed by atoms with E-state index >= 15 is 0 Å². The van der Waals surface area contributed by atoms with Gasteiger partial charge in [-0.05, 0) is 38.1 Å². The average Bonchev–Trinajstić information content (AvgIpc) is 2.59. The van der Waals surface area contributed by atoms with Crippen molar-refractivity contribution in [2.24, 2.45) is 0 Å². The van der Waals surface area contributed by atoms with Crippen LogP contribution in [0.15, 0.2) is 48.5 Å². The second-order valence-corrected chi connectivity index (χ2v) is 5.47. The molecule has 8 heteroatoms. The number of carbonyl (C=O) groups excluding carboxylic acids is 2. The first-order valence-corrected chi connectivity index (χ1v) is 7.74. The Hall–Kier alpha value is -3.42. The minimum Gasteiger partial charge on any atom is -0.475 e. The van der Waals surface area contributed by atoms with Crippen molar-refractivity contribution in [2.45, 2.75) is 20.0 Å². The fourth-order valence-electron chi connectivity index (χ4n) is 2.00. The summed E-state index contributed by atoms with van der Waals surface area (Å²) in [5.74, 6) is -1.20. The first-order valence-electron chi connectivity index (χ1n) is 7.74. The summed E-state index contributed by atoms with van der Waals surface area (Å²) in [6, 6.07) is 11.6. The van der Waals surface area contributed by atoms with E-state index in [2.05, 4.69) is 0 Å². The van der Waals surface area contributed by atoms with Gasteiger partial charge in [0.05, 0.1) is 16.6 Å². The lowest BCUT2D eigenvalue weighted by atomic mass is 10.2. The Bertz CT molecular complexity index is 817. The van der Waals surface area contributed by atoms with Gasteiger partial charge in [0, 0.05) is 6.07 Å². The number of hydrogen-bond donors (Lipinski definition) is 0. The molecular weight excluding hydrogens is 342 g/mol. The van der Waals surface area contributed by atoms with E-state index in [0.29, 0.717) is 0 Å². The van der Waals surface area contributed by atoms with Gasteiger partial charge in [-0.1, -0.05) is 18.2 Å². The minimum atomic E-state index is -0.766. The number of carbonyl (C=O) groups is 2. The molecule has 0 saturated carbocycles. The third kappa shape index (κ3) is 5.30. The molecule has 136 valence electrons. The van der Waals surface area contributed by atoms with Crippen LogP contribution >= 0.6 is 0 Å². The van der Waals surface area contributed by atoms with Gasteiger partial charge in [0.25, 0.3) is 0 Å². The van der Waals surface area contributed by atoms with Crippen LogP contribution in [0.4, 0.5) is 5.69 Å². The van der Waals surface area contributed by atoms with E-state index in [4.69, 9.17) is 14.2 Å². The summed E-state index contributed by atoms with van der Waals surface area (Å²) in [5.41, 5.74) is -0.0117. The highest BCUT2D eigenvalue weighted by atomic mass is 16.6. The zero-order valence-corrected chi connectivity index (χ0v) is 14.2. The van der Waals surface area contributed by atoms with E-state index < -0.39 is 23.5 Å². The summed E-state index contributed by atoms with van der Waals surface area (Å²) < 4.78 is 15.3. The van der Waals surface area contributed by atoms with Crippen molar-refractivity contribution >= 4 is 17.6 Å². The lowest BCUT2D eigenvalue weighted by Crippen LogP contribution is -2.18. The normalized spacial score (nSPS) is 10.3. The maximum absolute atomic E-state index is 11.9. The van der Waals surface area contributed by atoms with Crippen molar-refractivity contribution in [3.63, 3.8) is 0 Å². The van der Waals surface area contributed by atoms with Gasteiger partial charge in [0.1, 0.15) is 5.75 Å². The maximum atomic E-state index is 11.9. The Kier molecular flexibility index (Phi) is 6.26. The van der Waals surface area contributed by atoms with E-state index in [9.17, 15) is 19.7 Å². The molecular formula is C18H17NO7. The molecule has 2 rings (SSSR count). The first-order chi connectivity index (χ1) is 12.4. The van der Waals surface area contributed by atoms with Gasteiger partial charge in [-0.25, -0.2) is 9.59 Å². The van der Waals surface area contributed by atoms with Crippen LogP contribution < -0.4 is 9.47 Å². The summed E-state index contributed by atoms with van der Waals surface area (Å²) in [6.45, 7) is 2.93. The fourth-order valence-corrected chi connectivity index (χ4v) is 2.00. The van der Waals surface area contributed by atoms with Gasteiger partial charge in [0.15, 0.2) is 12.4 Å². The van der Waals surface area contributed by atoms with Crippen LogP contribution in [0, 0.1) is 10.1 Å². The van der Waals surface area contributed by atoms with Gasteiger partial charge in [-0.3, -0.25) is 10.1 Å². The molecule has 0 atom stereocenters. The van der Waals surface area contributed by atoms with Crippen LogP contribution in [0.1, 0.15) is 24.2 Å². The zero-order chi connectivity index (χ0) is 19.1. The molecule has 0 aliphatic rings. The van der Waals surface area contributed by atoms with Crippen molar-refractivity contribution in [3.8, 4) is 11.5 Å². The molecule has 0 aromatic heterocycles. The molecule has 8 nitrogen and oxygen atoms in total. The summed E-state index contributed by atoms with van der Waals surface area (Å²) in [5, 5.41) is 10.9. The quantitative estimate of drug-likeness (QED) is 0.324. The predicted octanol–water partition coefficient (Wildman–Crippen LogP) is 3.14. The highest BCUT2D eigenvalue weighted by Gasteiger charge is 2.16. The van der Waals surface area contributed by atoms with Crippen molar-refractivity contribution in [3.05, 3.63) is 64.2 Å². The highest BCUT2D eigenvalue weighted by molar-refractivity contribution is 5.90. The predicted molar refractivity (Wildman–Crippen MR) is 91.2 cm³/mol. The summed E-state index contributed by atoms with van der Waals surface area (Å²) >= 11 is 0. The molecule has 0 spiro atoms. The van der Waals surface area contributed by atoms with E-state index in [-0.39, 0.29) is 28.9 Å². The van der Waals surface area contributed by atoms with Crippen LogP contribution in [0.5, 0.6) is 11.5 Å². The van der Waals surface area contributed by atoms with Gasteiger partial charge in [-0.2, -0.15) is 0 Å². The summed E-state index contributed by atoms with van der Waals surface area (Å²) in [6.07, 6.45) is -0.274. The molecule has 0 heterocycles. The van der Waals surface area contributed by atoms with Crippen molar-refractivity contribution < 1.29 is 28.7 Å². The molecule has 2 aromatic rings. The number of para-hydroxylation sites is 2. The van der Waals surface area contributed by atoms with Gasteiger partial charge < -0.3 is 14.2 Å². The number of benzene rings is 2. The zero-order valence-electron chi connectivity index (χ0n) is 14.2. The lowest BCUT2D eigenvalue weighted by molar-refractivity contribution is -0.385. The Morgan fingerprint density at radius 3 is 2.54 bits per heavy atom. The summed E-state index contributed by atoms with van der Waals surface area (Å²) in [4.78, 5) is 34.0. The van der Waals surface area contributed by atoms with Crippen LogP contribution in [0.3, 0.4) is 0 Å². The largest absolute Gasteiger partial charge is 0.475 e. The molecule has 0 aliphatic carbocycles. The van der Waals surface area contributed by atoms with Crippen molar-refractivity contribution in [1.29, 1.82) is 0 Å². The number of esters is 2. The Labute approximate surface area is 149 Å². The van der Waals surface area contributed by atoms with E-state index in [1.54, 1.807) is 26.0 Å². The molecule has 0 bridgehead atoms. The lowest BCUT2D eigenvalue weighted by Gasteiger charge is -2.10. The van der Waals surface area contributed by atoms with Crippen molar-refractivity contribution in [2.75, 3.05) is 6.61 Å². The number of ether oxygens (including phenoxy) is 3. The van der Waals surface area contributed by atoms with Crippen LogP contribution in [0.2, 0.25) is 0 Å². The molecule has 26 heavy (non-hydrogen) atoms. The molecule has 0 fully saturated rings. The average molecular weight is 359 g/mol. The highest BCUT2D eigenvalue weighted by Crippen LogP contribution is 2.25. The number of nitro groups is 1. The summed E-state index contributed by atoms with van der Waals surface area (Å²) in [7, 11) is 0. The Balaban J connectivity index is 1.98. The fraction of sp³-hybridized carbons (Fsp3) is 0.222. The SMILES string of the molecule is CC(C)OC(=O)c1cccc(OC(=O)COc2ccccc2[N+](=O)[O-])c1. The smallest absolute Gasteiger partial charge is 0.349 e. The number of rotatable bonds is 7. The van der Waals surface area contributed by atoms with Gasteiger partial charge in [-0.15, -0.1) is 0 Å². The maximum Gasteiger partial charge on any atom is 0.349 e. The minimum absolute atomic E-state index is 0.0382. The second-order valence-electron chi connectivity index (χ2n) is 5.47. The molecule has 0 unspecified atom stereocenters. The van der Waals surface area contributed by atoms with Crippen molar-refractivity contribution in [1.82, 2.24) is 0 Å². The standard InChI is InChI=1S/C18H17NO7/c1-12(2)25-18(21)13-6-5-7-14(10-13)26-17(20)11-24-16-9-4-3-8-15(16)19(22)23/h3-10,12H,11H2,1-2H3. The number of hydrogen-bond acceptors (Lipinski definition) is 7. The number of nitrogens with zero attached hydrogens (tertiary/aromatic N) is 1. The van der Waals surface area contributed by atoms with Gasteiger partial charge in [0.2, 0.25) is 0 Å². The molecule has 0 aliphatic heterocycles. The van der Waals surface area contributed by atoms with E-state index in [0.717, 1.165) is 0 Å². The number of nitro benzene ring substituents is 1. The van der Waals surface area contributed by atoms with E-state index in [1.807, 2.05) is 0 Å². The molecule has 0 N–H and O–H groups in total. The molecule has 0 radical (unpaired) electrons. The molecule has 2 aromatic carbocycles.